The number of anilines is 1. The van der Waals surface area contributed by atoms with Gasteiger partial charge in [-0.2, -0.15) is 0 Å². The predicted octanol–water partition coefficient (Wildman–Crippen LogP) is 2.22. The summed E-state index contributed by atoms with van der Waals surface area (Å²) >= 11 is 0. The van der Waals surface area contributed by atoms with Crippen LogP contribution in [-0.2, 0) is 10.0 Å². The van der Waals surface area contributed by atoms with Crippen LogP contribution in [0.1, 0.15) is 27.2 Å². The van der Waals surface area contributed by atoms with Crippen LogP contribution in [0, 0.1) is 0 Å². The Morgan fingerprint density at radius 3 is 2.60 bits per heavy atom. The van der Waals surface area contributed by atoms with E-state index >= 15 is 0 Å². The minimum absolute atomic E-state index is 0.431. The SMILES string of the molecule is CCCNCC(C)S(=O)(=O)Nc1ccccc1OCC. The number of nitrogens with one attached hydrogen (secondary N) is 2. The van der Waals surface area contributed by atoms with Crippen molar-refractivity contribution in [3.05, 3.63) is 24.3 Å². The lowest BCUT2D eigenvalue weighted by Gasteiger charge is -2.17. The summed E-state index contributed by atoms with van der Waals surface area (Å²) < 4.78 is 32.5. The fourth-order valence-corrected chi connectivity index (χ4v) is 2.69. The molecule has 0 amide bonds. The zero-order valence-corrected chi connectivity index (χ0v) is 13.2. The third-order valence-electron chi connectivity index (χ3n) is 2.83. The maximum absolute atomic E-state index is 12.2. The average molecular weight is 300 g/mol. The second kappa shape index (κ2) is 8.11. The molecule has 20 heavy (non-hydrogen) atoms. The molecule has 114 valence electrons. The number of benzene rings is 1. The number of sulfonamides is 1. The maximum atomic E-state index is 12.2. The molecule has 0 saturated heterocycles. The molecule has 5 nitrogen and oxygen atoms in total. The zero-order chi connectivity index (χ0) is 15.0. The van der Waals surface area contributed by atoms with Crippen LogP contribution in [0.4, 0.5) is 5.69 Å². The first kappa shape index (κ1) is 16.8. The van der Waals surface area contributed by atoms with Gasteiger partial charge in [-0.1, -0.05) is 19.1 Å². The van der Waals surface area contributed by atoms with Crippen LogP contribution in [0.2, 0.25) is 0 Å². The highest BCUT2D eigenvalue weighted by Crippen LogP contribution is 2.25. The molecule has 1 aromatic rings. The van der Waals surface area contributed by atoms with Crippen molar-refractivity contribution < 1.29 is 13.2 Å². The Bertz CT molecular complexity index is 503. The Morgan fingerprint density at radius 1 is 1.25 bits per heavy atom. The van der Waals surface area contributed by atoms with Gasteiger partial charge in [0.1, 0.15) is 5.75 Å². The van der Waals surface area contributed by atoms with E-state index in [0.29, 0.717) is 24.6 Å². The quantitative estimate of drug-likeness (QED) is 0.686. The molecule has 1 aromatic carbocycles. The maximum Gasteiger partial charge on any atom is 0.236 e. The van der Waals surface area contributed by atoms with Crippen molar-refractivity contribution in [3.63, 3.8) is 0 Å². The molecule has 0 saturated carbocycles. The molecule has 2 N–H and O–H groups in total. The Balaban J connectivity index is 2.75. The van der Waals surface area contributed by atoms with E-state index in [9.17, 15) is 8.42 Å². The van der Waals surface area contributed by atoms with E-state index in [4.69, 9.17) is 4.74 Å². The monoisotopic (exact) mass is 300 g/mol. The lowest BCUT2D eigenvalue weighted by atomic mass is 10.3. The van der Waals surface area contributed by atoms with Gasteiger partial charge in [0, 0.05) is 6.54 Å². The van der Waals surface area contributed by atoms with Gasteiger partial charge in [-0.05, 0) is 38.9 Å². The molecule has 0 aliphatic heterocycles. The highest BCUT2D eigenvalue weighted by Gasteiger charge is 2.21. The molecule has 0 heterocycles. The van der Waals surface area contributed by atoms with Gasteiger partial charge in [0.2, 0.25) is 10.0 Å². The minimum Gasteiger partial charge on any atom is -0.492 e. The van der Waals surface area contributed by atoms with Gasteiger partial charge in [-0.15, -0.1) is 0 Å². The second-order valence-electron chi connectivity index (χ2n) is 4.59. The molecule has 6 heteroatoms. The van der Waals surface area contributed by atoms with Crippen molar-refractivity contribution in [3.8, 4) is 5.75 Å². The van der Waals surface area contributed by atoms with Crippen LogP contribution in [-0.4, -0.2) is 33.4 Å². The van der Waals surface area contributed by atoms with E-state index in [2.05, 4.69) is 10.0 Å². The second-order valence-corrected chi connectivity index (χ2v) is 6.69. The van der Waals surface area contributed by atoms with Crippen molar-refractivity contribution in [1.82, 2.24) is 5.32 Å². The number of hydrogen-bond acceptors (Lipinski definition) is 4. The fourth-order valence-electron chi connectivity index (χ4n) is 1.68. The first-order chi connectivity index (χ1) is 9.51. The normalized spacial score (nSPS) is 12.9. The molecular formula is C14H24N2O3S. The van der Waals surface area contributed by atoms with E-state index in [-0.39, 0.29) is 0 Å². The van der Waals surface area contributed by atoms with E-state index in [1.807, 2.05) is 19.9 Å². The third kappa shape index (κ3) is 5.02. The number of hydrogen-bond donors (Lipinski definition) is 2. The molecule has 0 bridgehead atoms. The molecule has 0 aliphatic rings. The summed E-state index contributed by atoms with van der Waals surface area (Å²) in [7, 11) is -3.43. The minimum atomic E-state index is -3.43. The average Bonchev–Trinajstić information content (AvgIpc) is 2.41. The van der Waals surface area contributed by atoms with Gasteiger partial charge in [-0.3, -0.25) is 4.72 Å². The van der Waals surface area contributed by atoms with Gasteiger partial charge in [0.05, 0.1) is 17.5 Å². The van der Waals surface area contributed by atoms with Gasteiger partial charge < -0.3 is 10.1 Å². The Kier molecular flexibility index (Phi) is 6.81. The van der Waals surface area contributed by atoms with Crippen LogP contribution < -0.4 is 14.8 Å². The number of para-hydroxylation sites is 2. The van der Waals surface area contributed by atoms with Crippen LogP contribution in [0.25, 0.3) is 0 Å². The summed E-state index contributed by atoms with van der Waals surface area (Å²) in [6, 6.07) is 7.05. The summed E-state index contributed by atoms with van der Waals surface area (Å²) in [6.45, 7) is 7.33. The highest BCUT2D eigenvalue weighted by molar-refractivity contribution is 7.93. The summed E-state index contributed by atoms with van der Waals surface area (Å²) in [4.78, 5) is 0. The van der Waals surface area contributed by atoms with Crippen LogP contribution in [0.15, 0.2) is 24.3 Å². The van der Waals surface area contributed by atoms with Crippen LogP contribution in [0.5, 0.6) is 5.75 Å². The smallest absolute Gasteiger partial charge is 0.236 e. The van der Waals surface area contributed by atoms with Gasteiger partial charge >= 0.3 is 0 Å². The van der Waals surface area contributed by atoms with E-state index in [1.165, 1.54) is 0 Å². The molecule has 1 atom stereocenters. The standard InChI is InChI=1S/C14H24N2O3S/c1-4-10-15-11-12(3)20(17,18)16-13-8-6-7-9-14(13)19-5-2/h6-9,12,15-16H,4-5,10-11H2,1-3H3. The molecule has 0 fully saturated rings. The molecule has 0 spiro atoms. The Labute approximate surface area is 121 Å². The summed E-state index contributed by atoms with van der Waals surface area (Å²) in [5.41, 5.74) is 0.483. The van der Waals surface area contributed by atoms with Crippen LogP contribution >= 0.6 is 0 Å². The fraction of sp³-hybridized carbons (Fsp3) is 0.571. The molecule has 0 radical (unpaired) electrons. The molecule has 0 aliphatic carbocycles. The summed E-state index contributed by atoms with van der Waals surface area (Å²) in [5.74, 6) is 0.548. The lowest BCUT2D eigenvalue weighted by Crippen LogP contribution is -2.35. The Hall–Kier alpha value is -1.27. The summed E-state index contributed by atoms with van der Waals surface area (Å²) in [5, 5.41) is 2.61. The molecule has 1 unspecified atom stereocenters. The topological polar surface area (TPSA) is 67.4 Å². The van der Waals surface area contributed by atoms with Gasteiger partial charge in [0.15, 0.2) is 0 Å². The third-order valence-corrected chi connectivity index (χ3v) is 4.56. The predicted molar refractivity (Wildman–Crippen MR) is 82.8 cm³/mol. The molecule has 0 aromatic heterocycles. The number of ether oxygens (including phenoxy) is 1. The molecular weight excluding hydrogens is 276 g/mol. The van der Waals surface area contributed by atoms with Crippen molar-refractivity contribution in [1.29, 1.82) is 0 Å². The first-order valence-electron chi connectivity index (χ1n) is 6.95. The van der Waals surface area contributed by atoms with Crippen molar-refractivity contribution in [2.45, 2.75) is 32.4 Å². The number of rotatable bonds is 9. The van der Waals surface area contributed by atoms with Crippen LogP contribution in [0.3, 0.4) is 0 Å². The Morgan fingerprint density at radius 2 is 1.95 bits per heavy atom. The van der Waals surface area contributed by atoms with E-state index in [0.717, 1.165) is 13.0 Å². The van der Waals surface area contributed by atoms with Crippen molar-refractivity contribution >= 4 is 15.7 Å². The van der Waals surface area contributed by atoms with Crippen molar-refractivity contribution in [2.24, 2.45) is 0 Å². The highest BCUT2D eigenvalue weighted by atomic mass is 32.2. The zero-order valence-electron chi connectivity index (χ0n) is 12.3. The van der Waals surface area contributed by atoms with E-state index in [1.54, 1.807) is 25.1 Å². The summed E-state index contributed by atoms with van der Waals surface area (Å²) in [6.07, 6.45) is 0.980. The molecule has 1 rings (SSSR count). The largest absolute Gasteiger partial charge is 0.492 e. The van der Waals surface area contributed by atoms with Gasteiger partial charge in [-0.25, -0.2) is 8.42 Å². The van der Waals surface area contributed by atoms with E-state index < -0.39 is 15.3 Å². The van der Waals surface area contributed by atoms with Crippen molar-refractivity contribution in [2.75, 3.05) is 24.4 Å². The lowest BCUT2D eigenvalue weighted by molar-refractivity contribution is 0.342. The first-order valence-corrected chi connectivity index (χ1v) is 8.50. The van der Waals surface area contributed by atoms with Gasteiger partial charge in [0.25, 0.3) is 0 Å².